The number of phosphoric acid groups is 1. The van der Waals surface area contributed by atoms with Crippen molar-refractivity contribution >= 4 is 19.8 Å². The Labute approximate surface area is 346 Å². The molecule has 0 amide bonds. The molecule has 3 unspecified atom stereocenters. The van der Waals surface area contributed by atoms with E-state index in [1.807, 2.05) is 12.2 Å². The first-order valence-corrected chi connectivity index (χ1v) is 23.4. The molecule has 0 heterocycles. The quantitative estimate of drug-likeness (QED) is 0.0236. The molecule has 0 spiro atoms. The molecule has 3 N–H and O–H groups in total. The Hall–Kier alpha value is -2.59. The molecular formula is C46H79O10P. The number of phosphoric ester groups is 1. The van der Waals surface area contributed by atoms with E-state index in [9.17, 15) is 24.2 Å². The van der Waals surface area contributed by atoms with Gasteiger partial charge in [0.05, 0.1) is 19.8 Å². The lowest BCUT2D eigenvalue weighted by Crippen LogP contribution is -2.29. The molecular weight excluding hydrogens is 743 g/mol. The van der Waals surface area contributed by atoms with Crippen molar-refractivity contribution < 1.29 is 47.8 Å². The van der Waals surface area contributed by atoms with E-state index in [2.05, 4.69) is 79.1 Å². The molecule has 328 valence electrons. The number of hydrogen-bond acceptors (Lipinski definition) is 9. The molecule has 0 aromatic heterocycles. The number of rotatable bonds is 40. The highest BCUT2D eigenvalue weighted by Crippen LogP contribution is 2.43. The van der Waals surface area contributed by atoms with Crippen molar-refractivity contribution in [2.45, 2.75) is 180 Å². The highest BCUT2D eigenvalue weighted by Gasteiger charge is 2.27. The van der Waals surface area contributed by atoms with Gasteiger partial charge in [-0.25, -0.2) is 4.57 Å². The van der Waals surface area contributed by atoms with E-state index in [1.165, 1.54) is 70.6 Å². The first kappa shape index (κ1) is 54.4. The first-order valence-electron chi connectivity index (χ1n) is 21.9. The predicted octanol–water partition coefficient (Wildman–Crippen LogP) is 11.7. The summed E-state index contributed by atoms with van der Waals surface area (Å²) in [4.78, 5) is 35.0. The lowest BCUT2D eigenvalue weighted by atomic mass is 10.0. The molecule has 0 saturated heterocycles. The minimum atomic E-state index is -4.64. The van der Waals surface area contributed by atoms with Crippen molar-refractivity contribution in [3.8, 4) is 0 Å². The maximum Gasteiger partial charge on any atom is 0.472 e. The number of allylic oxidation sites excluding steroid dienone is 12. The fraction of sp³-hybridized carbons (Fsp3) is 0.696. The zero-order valence-corrected chi connectivity index (χ0v) is 36.4. The monoisotopic (exact) mass is 823 g/mol. The van der Waals surface area contributed by atoms with Crippen molar-refractivity contribution in [2.24, 2.45) is 0 Å². The van der Waals surface area contributed by atoms with Crippen LogP contribution in [0.5, 0.6) is 0 Å². The Balaban J connectivity index is 4.43. The van der Waals surface area contributed by atoms with Gasteiger partial charge in [-0.15, -0.1) is 0 Å². The van der Waals surface area contributed by atoms with Gasteiger partial charge in [0.2, 0.25) is 0 Å². The van der Waals surface area contributed by atoms with Crippen LogP contribution < -0.4 is 0 Å². The van der Waals surface area contributed by atoms with Crippen LogP contribution in [0.25, 0.3) is 0 Å². The zero-order valence-electron chi connectivity index (χ0n) is 35.5. The number of aliphatic hydroxyl groups excluding tert-OH is 2. The molecule has 0 aliphatic carbocycles. The highest BCUT2D eigenvalue weighted by molar-refractivity contribution is 7.47. The van der Waals surface area contributed by atoms with Crippen LogP contribution in [0.3, 0.4) is 0 Å². The summed E-state index contributed by atoms with van der Waals surface area (Å²) in [7, 11) is -4.64. The largest absolute Gasteiger partial charge is 0.472 e. The fourth-order valence-corrected chi connectivity index (χ4v) is 6.34. The molecule has 0 aromatic carbocycles. The summed E-state index contributed by atoms with van der Waals surface area (Å²) < 4.78 is 32.6. The fourth-order valence-electron chi connectivity index (χ4n) is 5.55. The summed E-state index contributed by atoms with van der Waals surface area (Å²) in [6.07, 6.45) is 47.4. The van der Waals surface area contributed by atoms with Crippen LogP contribution in [0, 0.1) is 0 Å². The lowest BCUT2D eigenvalue weighted by molar-refractivity contribution is -0.161. The molecule has 10 nitrogen and oxygen atoms in total. The molecule has 0 saturated carbocycles. The average molecular weight is 823 g/mol. The Morgan fingerprint density at radius 3 is 1.42 bits per heavy atom. The standard InChI is InChI=1S/C46H79O10P/c1-3-5-7-9-11-13-15-17-19-20-21-22-24-26-28-30-32-34-36-38-46(50)56-44(42-55-57(51,52)54-40-43(48)39-47)41-53-45(49)37-35-33-31-29-27-25-23-18-16-14-12-10-8-6-4-2/h5,7,11,13,17,19,21-22,26,28,32,34,43-44,47-48H,3-4,6,8-10,12,14-16,18,20,23-25,27,29-31,33,35-42H2,1-2H3,(H,51,52). The summed E-state index contributed by atoms with van der Waals surface area (Å²) in [5, 5.41) is 18.3. The number of carbonyl (C=O) groups is 2. The number of carbonyl (C=O) groups excluding carboxylic acids is 2. The smallest absolute Gasteiger partial charge is 0.462 e. The average Bonchev–Trinajstić information content (AvgIpc) is 3.20. The lowest BCUT2D eigenvalue weighted by Gasteiger charge is -2.20. The molecule has 0 radical (unpaired) electrons. The van der Waals surface area contributed by atoms with Crippen LogP contribution in [-0.4, -0.2) is 65.7 Å². The van der Waals surface area contributed by atoms with Crippen LogP contribution in [0.4, 0.5) is 0 Å². The number of hydrogen-bond donors (Lipinski definition) is 3. The van der Waals surface area contributed by atoms with Crippen LogP contribution in [0.1, 0.15) is 168 Å². The second-order valence-corrected chi connectivity index (χ2v) is 15.8. The normalized spacial score (nSPS) is 14.5. The van der Waals surface area contributed by atoms with Crippen molar-refractivity contribution in [3.05, 3.63) is 72.9 Å². The zero-order chi connectivity index (χ0) is 41.9. The van der Waals surface area contributed by atoms with Gasteiger partial charge in [-0.2, -0.15) is 0 Å². The topological polar surface area (TPSA) is 149 Å². The van der Waals surface area contributed by atoms with E-state index in [0.717, 1.165) is 57.8 Å². The van der Waals surface area contributed by atoms with Crippen molar-refractivity contribution in [2.75, 3.05) is 26.4 Å². The summed E-state index contributed by atoms with van der Waals surface area (Å²) in [6.45, 7) is 2.18. The molecule has 0 aliphatic heterocycles. The molecule has 11 heteroatoms. The SMILES string of the molecule is CCC=CCC=CCC=CCC=CCC=CCC=CCCC(=O)OC(COC(=O)CCCCCCCCCCCCCCCCC)COP(=O)(O)OCC(O)CO. The Bertz CT molecular complexity index is 1180. The van der Waals surface area contributed by atoms with Gasteiger partial charge in [0.1, 0.15) is 12.7 Å². The van der Waals surface area contributed by atoms with Gasteiger partial charge in [-0.05, 0) is 51.4 Å². The highest BCUT2D eigenvalue weighted by atomic mass is 31.2. The number of unbranched alkanes of at least 4 members (excludes halogenated alkanes) is 14. The van der Waals surface area contributed by atoms with Gasteiger partial charge >= 0.3 is 19.8 Å². The van der Waals surface area contributed by atoms with Gasteiger partial charge < -0.3 is 24.6 Å². The second kappa shape index (κ2) is 41.6. The third kappa shape index (κ3) is 41.4. The Kier molecular flexibility index (Phi) is 39.7. The summed E-state index contributed by atoms with van der Waals surface area (Å²) in [6, 6.07) is 0. The van der Waals surface area contributed by atoms with Crippen molar-refractivity contribution in [1.82, 2.24) is 0 Å². The van der Waals surface area contributed by atoms with Gasteiger partial charge in [-0.1, -0.05) is 177 Å². The summed E-state index contributed by atoms with van der Waals surface area (Å²) in [5.41, 5.74) is 0. The molecule has 0 aliphatic rings. The second-order valence-electron chi connectivity index (χ2n) is 14.3. The molecule has 0 aromatic rings. The van der Waals surface area contributed by atoms with Crippen LogP contribution in [0.2, 0.25) is 0 Å². The van der Waals surface area contributed by atoms with E-state index >= 15 is 0 Å². The van der Waals surface area contributed by atoms with Gasteiger partial charge in [0.25, 0.3) is 0 Å². The molecule has 0 bridgehead atoms. The van der Waals surface area contributed by atoms with Crippen molar-refractivity contribution in [3.63, 3.8) is 0 Å². The predicted molar refractivity (Wildman–Crippen MR) is 233 cm³/mol. The summed E-state index contributed by atoms with van der Waals surface area (Å²) >= 11 is 0. The van der Waals surface area contributed by atoms with E-state index in [4.69, 9.17) is 19.1 Å². The maximum atomic E-state index is 12.6. The van der Waals surface area contributed by atoms with Crippen LogP contribution in [-0.2, 0) is 32.7 Å². The van der Waals surface area contributed by atoms with E-state index in [1.54, 1.807) is 0 Å². The minimum absolute atomic E-state index is 0.0573. The molecule has 57 heavy (non-hydrogen) atoms. The number of esters is 2. The third-order valence-electron chi connectivity index (χ3n) is 8.89. The first-order chi connectivity index (χ1) is 27.7. The van der Waals surface area contributed by atoms with Gasteiger partial charge in [-0.3, -0.25) is 18.6 Å². The third-order valence-corrected chi connectivity index (χ3v) is 9.84. The van der Waals surface area contributed by atoms with Gasteiger partial charge in [0.15, 0.2) is 6.10 Å². The Morgan fingerprint density at radius 2 is 0.965 bits per heavy atom. The van der Waals surface area contributed by atoms with Crippen molar-refractivity contribution in [1.29, 1.82) is 0 Å². The molecule has 3 atom stereocenters. The number of ether oxygens (including phenoxy) is 2. The minimum Gasteiger partial charge on any atom is -0.462 e. The van der Waals surface area contributed by atoms with Gasteiger partial charge in [0, 0.05) is 12.8 Å². The molecule has 0 fully saturated rings. The Morgan fingerprint density at radius 1 is 0.544 bits per heavy atom. The van der Waals surface area contributed by atoms with Crippen LogP contribution >= 0.6 is 7.82 Å². The van der Waals surface area contributed by atoms with Crippen LogP contribution in [0.15, 0.2) is 72.9 Å². The summed E-state index contributed by atoms with van der Waals surface area (Å²) in [5.74, 6) is -1.02. The van der Waals surface area contributed by atoms with E-state index in [-0.39, 0.29) is 19.4 Å². The van der Waals surface area contributed by atoms with E-state index in [0.29, 0.717) is 12.8 Å². The maximum absolute atomic E-state index is 12.6. The number of aliphatic hydroxyl groups is 2. The van der Waals surface area contributed by atoms with E-state index < -0.39 is 51.8 Å². The molecule has 0 rings (SSSR count).